The van der Waals surface area contributed by atoms with Gasteiger partial charge in [0.15, 0.2) is 5.78 Å². The Balaban J connectivity index is 2.54. The number of ketones is 1. The summed E-state index contributed by atoms with van der Waals surface area (Å²) in [7, 11) is 0. The van der Waals surface area contributed by atoms with Crippen molar-refractivity contribution in [2.45, 2.75) is 19.0 Å². The summed E-state index contributed by atoms with van der Waals surface area (Å²) in [5.74, 6) is -0.0845. The van der Waals surface area contributed by atoms with Gasteiger partial charge in [0.1, 0.15) is 6.04 Å². The van der Waals surface area contributed by atoms with Crippen molar-refractivity contribution in [1.29, 1.82) is 0 Å². The van der Waals surface area contributed by atoms with Gasteiger partial charge in [-0.3, -0.25) is 4.79 Å². The molecule has 1 aliphatic heterocycles. The maximum absolute atomic E-state index is 11.6. The number of rotatable bonds is 0. The van der Waals surface area contributed by atoms with Gasteiger partial charge in [-0.25, -0.2) is 0 Å². The lowest BCUT2D eigenvalue weighted by Gasteiger charge is -2.10. The highest BCUT2D eigenvalue weighted by atomic mass is 16.1. The van der Waals surface area contributed by atoms with E-state index < -0.39 is 12.1 Å². The van der Waals surface area contributed by atoms with Crippen molar-refractivity contribution in [3.05, 3.63) is 29.8 Å². The fourth-order valence-corrected chi connectivity index (χ4v) is 1.46. The molecule has 4 heteroatoms. The topological polar surface area (TPSA) is 67.8 Å². The highest BCUT2D eigenvalue weighted by Gasteiger charge is 2.26. The molecule has 2 unspecified atom stereocenters. The number of carbonyl (C=O) groups is 1. The molecule has 4 nitrogen and oxygen atoms in total. The van der Waals surface area contributed by atoms with Crippen molar-refractivity contribution in [3.63, 3.8) is 0 Å². The zero-order valence-electron chi connectivity index (χ0n) is 7.84. The Bertz CT molecular complexity index is 400. The lowest BCUT2D eigenvalue weighted by molar-refractivity contribution is -0.121. The first-order valence-electron chi connectivity index (χ1n) is 4.49. The summed E-state index contributed by atoms with van der Waals surface area (Å²) in [6, 6.07) is 6.27. The maximum atomic E-state index is 11.6. The monoisotopic (exact) mass is 189 g/mol. The molecule has 1 aliphatic rings. The second-order valence-corrected chi connectivity index (χ2v) is 3.33. The molecule has 2 rings (SSSR count). The molecule has 0 aliphatic carbocycles. The van der Waals surface area contributed by atoms with Crippen molar-refractivity contribution in [1.82, 2.24) is 0 Å². The quantitative estimate of drug-likeness (QED) is 0.675. The predicted molar refractivity (Wildman–Crippen MR) is 52.4 cm³/mol. The van der Waals surface area contributed by atoms with Crippen molar-refractivity contribution in [3.8, 4) is 0 Å². The SMILES string of the molecule is CC1N=Nc2ccccc2C(N)C1=O. The summed E-state index contributed by atoms with van der Waals surface area (Å²) in [5.41, 5.74) is 7.26. The third-order valence-electron chi connectivity index (χ3n) is 2.33. The highest BCUT2D eigenvalue weighted by Crippen LogP contribution is 2.28. The number of Topliss-reactive ketones (excluding diaryl/α,β-unsaturated/α-hetero) is 1. The molecule has 1 aromatic carbocycles. The zero-order valence-corrected chi connectivity index (χ0v) is 7.84. The minimum Gasteiger partial charge on any atom is -0.318 e. The largest absolute Gasteiger partial charge is 0.318 e. The van der Waals surface area contributed by atoms with Crippen LogP contribution in [-0.4, -0.2) is 11.8 Å². The molecule has 2 atom stereocenters. The fourth-order valence-electron chi connectivity index (χ4n) is 1.46. The molecule has 1 heterocycles. The van der Waals surface area contributed by atoms with Crippen molar-refractivity contribution in [2.75, 3.05) is 0 Å². The van der Waals surface area contributed by atoms with Crippen molar-refractivity contribution in [2.24, 2.45) is 16.0 Å². The molecule has 0 amide bonds. The van der Waals surface area contributed by atoms with Gasteiger partial charge in [0.2, 0.25) is 0 Å². The van der Waals surface area contributed by atoms with Crippen LogP contribution in [-0.2, 0) is 4.79 Å². The van der Waals surface area contributed by atoms with E-state index in [0.717, 1.165) is 5.56 Å². The van der Waals surface area contributed by atoms with Crippen LogP contribution in [0.1, 0.15) is 18.5 Å². The predicted octanol–water partition coefficient (Wildman–Crippen LogP) is 1.74. The molecule has 0 aromatic heterocycles. The van der Waals surface area contributed by atoms with Crippen LogP contribution in [0.5, 0.6) is 0 Å². The van der Waals surface area contributed by atoms with E-state index in [1.54, 1.807) is 6.92 Å². The van der Waals surface area contributed by atoms with Gasteiger partial charge in [0, 0.05) is 5.56 Å². The van der Waals surface area contributed by atoms with Crippen molar-refractivity contribution < 1.29 is 4.79 Å². The average Bonchev–Trinajstić information content (AvgIpc) is 2.32. The Labute approximate surface area is 81.8 Å². The first kappa shape index (κ1) is 9.02. The maximum Gasteiger partial charge on any atom is 0.180 e. The minimum absolute atomic E-state index is 0.0845. The molecule has 0 bridgehead atoms. The average molecular weight is 189 g/mol. The summed E-state index contributed by atoms with van der Waals surface area (Å²) in [4.78, 5) is 11.6. The molecule has 0 radical (unpaired) electrons. The molecular formula is C10H11N3O. The number of hydrogen-bond acceptors (Lipinski definition) is 4. The first-order valence-corrected chi connectivity index (χ1v) is 4.49. The molecule has 0 saturated heterocycles. The molecule has 72 valence electrons. The lowest BCUT2D eigenvalue weighted by atomic mass is 9.99. The number of fused-ring (bicyclic) bond motifs is 1. The van der Waals surface area contributed by atoms with Gasteiger partial charge in [-0.2, -0.15) is 10.2 Å². The lowest BCUT2D eigenvalue weighted by Crippen LogP contribution is -2.27. The summed E-state index contributed by atoms with van der Waals surface area (Å²) in [5, 5.41) is 7.88. The van der Waals surface area contributed by atoms with Crippen LogP contribution in [0.3, 0.4) is 0 Å². The van der Waals surface area contributed by atoms with E-state index in [1.807, 2.05) is 24.3 Å². The second-order valence-electron chi connectivity index (χ2n) is 3.33. The number of azo groups is 1. The Kier molecular flexibility index (Phi) is 2.13. The molecule has 0 spiro atoms. The third kappa shape index (κ3) is 1.33. The van der Waals surface area contributed by atoms with Gasteiger partial charge < -0.3 is 5.73 Å². The molecule has 14 heavy (non-hydrogen) atoms. The van der Waals surface area contributed by atoms with Crippen LogP contribution in [0.25, 0.3) is 0 Å². The Morgan fingerprint density at radius 3 is 2.86 bits per heavy atom. The van der Waals surface area contributed by atoms with Crippen LogP contribution in [0, 0.1) is 0 Å². The van der Waals surface area contributed by atoms with Crippen LogP contribution in [0.15, 0.2) is 34.5 Å². The molecule has 2 N–H and O–H groups in total. The molecule has 1 aromatic rings. The van der Waals surface area contributed by atoms with E-state index in [1.165, 1.54) is 0 Å². The van der Waals surface area contributed by atoms with Crippen LogP contribution in [0.4, 0.5) is 5.69 Å². The van der Waals surface area contributed by atoms with Gasteiger partial charge in [0.05, 0.1) is 11.7 Å². The fraction of sp³-hybridized carbons (Fsp3) is 0.300. The second kappa shape index (κ2) is 3.31. The molecular weight excluding hydrogens is 178 g/mol. The van der Waals surface area contributed by atoms with Crippen LogP contribution >= 0.6 is 0 Å². The summed E-state index contributed by atoms with van der Waals surface area (Å²) < 4.78 is 0. The van der Waals surface area contributed by atoms with Crippen LogP contribution < -0.4 is 5.73 Å². The zero-order chi connectivity index (χ0) is 10.1. The van der Waals surface area contributed by atoms with E-state index in [9.17, 15) is 4.79 Å². The Hall–Kier alpha value is -1.55. The summed E-state index contributed by atoms with van der Waals surface area (Å²) in [6.45, 7) is 1.71. The van der Waals surface area contributed by atoms with Gasteiger partial charge in [-0.1, -0.05) is 18.2 Å². The minimum atomic E-state index is -0.601. The number of hydrogen-bond donors (Lipinski definition) is 1. The Morgan fingerprint density at radius 2 is 2.07 bits per heavy atom. The van der Waals surface area contributed by atoms with Crippen molar-refractivity contribution >= 4 is 11.5 Å². The number of nitrogens with zero attached hydrogens (tertiary/aromatic N) is 2. The van der Waals surface area contributed by atoms with E-state index in [-0.39, 0.29) is 5.78 Å². The number of carbonyl (C=O) groups excluding carboxylic acids is 1. The normalized spacial score (nSPS) is 25.7. The number of nitrogens with two attached hydrogens (primary N) is 1. The summed E-state index contributed by atoms with van der Waals surface area (Å²) >= 11 is 0. The van der Waals surface area contributed by atoms with E-state index in [4.69, 9.17) is 5.73 Å². The first-order chi connectivity index (χ1) is 6.70. The standard InChI is InChI=1S/C10H11N3O/c1-6-10(14)9(11)7-4-2-3-5-8(7)13-12-6/h2-6,9H,11H2,1H3. The van der Waals surface area contributed by atoms with Gasteiger partial charge in [-0.05, 0) is 13.0 Å². The number of benzene rings is 1. The van der Waals surface area contributed by atoms with Gasteiger partial charge in [-0.15, -0.1) is 0 Å². The smallest absolute Gasteiger partial charge is 0.180 e. The van der Waals surface area contributed by atoms with E-state index in [2.05, 4.69) is 10.2 Å². The van der Waals surface area contributed by atoms with Crippen LogP contribution in [0.2, 0.25) is 0 Å². The molecule has 0 fully saturated rings. The highest BCUT2D eigenvalue weighted by molar-refractivity contribution is 5.91. The third-order valence-corrected chi connectivity index (χ3v) is 2.33. The van der Waals surface area contributed by atoms with Gasteiger partial charge in [0.25, 0.3) is 0 Å². The summed E-state index contributed by atoms with van der Waals surface area (Å²) in [6.07, 6.45) is 0. The van der Waals surface area contributed by atoms with E-state index in [0.29, 0.717) is 5.69 Å². The Morgan fingerprint density at radius 1 is 1.36 bits per heavy atom. The van der Waals surface area contributed by atoms with Gasteiger partial charge >= 0.3 is 0 Å². The molecule has 0 saturated carbocycles. The van der Waals surface area contributed by atoms with E-state index >= 15 is 0 Å².